The molecule has 1 heterocycles. The van der Waals surface area contributed by atoms with E-state index in [1.807, 2.05) is 0 Å². The van der Waals surface area contributed by atoms with Crippen molar-refractivity contribution in [3.8, 4) is 0 Å². The lowest BCUT2D eigenvalue weighted by Gasteiger charge is -2.08. The molecule has 1 fully saturated rings. The van der Waals surface area contributed by atoms with Crippen molar-refractivity contribution < 1.29 is 18.7 Å². The number of ether oxygens (including phenoxy) is 2. The maximum absolute atomic E-state index is 13.2. The lowest BCUT2D eigenvalue weighted by molar-refractivity contribution is -0.149. The number of benzene rings is 1. The second kappa shape index (κ2) is 5.07. The highest BCUT2D eigenvalue weighted by atomic mass is 19.1. The molecular weight excluding hydrogens is 211 g/mol. The van der Waals surface area contributed by atoms with Gasteiger partial charge in [0, 0.05) is 12.2 Å². The molecule has 16 heavy (non-hydrogen) atoms. The van der Waals surface area contributed by atoms with Crippen LogP contribution in [-0.2, 0) is 20.9 Å². The van der Waals surface area contributed by atoms with Crippen LogP contribution in [-0.4, -0.2) is 19.2 Å². The van der Waals surface area contributed by atoms with E-state index < -0.39 is 0 Å². The molecule has 1 aliphatic rings. The van der Waals surface area contributed by atoms with Gasteiger partial charge in [-0.25, -0.2) is 4.39 Å². The summed E-state index contributed by atoms with van der Waals surface area (Å²) in [7, 11) is 0. The average molecular weight is 224 g/mol. The van der Waals surface area contributed by atoms with Crippen LogP contribution in [0.25, 0.3) is 0 Å². The molecule has 1 aromatic carbocycles. The summed E-state index contributed by atoms with van der Waals surface area (Å²) in [4.78, 5) is 11.5. The van der Waals surface area contributed by atoms with Crippen LogP contribution in [0, 0.1) is 11.7 Å². The quantitative estimate of drug-likeness (QED) is 0.736. The van der Waals surface area contributed by atoms with E-state index in [1.54, 1.807) is 18.2 Å². The Morgan fingerprint density at radius 1 is 1.50 bits per heavy atom. The zero-order valence-corrected chi connectivity index (χ0v) is 8.82. The van der Waals surface area contributed by atoms with E-state index in [-0.39, 0.29) is 24.3 Å². The molecule has 0 spiro atoms. The topological polar surface area (TPSA) is 35.5 Å². The van der Waals surface area contributed by atoms with Gasteiger partial charge in [-0.2, -0.15) is 0 Å². The van der Waals surface area contributed by atoms with Crippen molar-refractivity contribution in [2.75, 3.05) is 13.2 Å². The fourth-order valence-corrected chi connectivity index (χ4v) is 1.60. The van der Waals surface area contributed by atoms with Gasteiger partial charge >= 0.3 is 5.97 Å². The van der Waals surface area contributed by atoms with E-state index in [9.17, 15) is 9.18 Å². The van der Waals surface area contributed by atoms with E-state index in [1.165, 1.54) is 6.07 Å². The summed E-state index contributed by atoms with van der Waals surface area (Å²) in [5, 5.41) is 0. The Bertz CT molecular complexity index is 372. The Balaban J connectivity index is 1.87. The SMILES string of the molecule is O=C(OCc1ccccc1F)C1CCOC1. The van der Waals surface area contributed by atoms with Gasteiger partial charge in [0.25, 0.3) is 0 Å². The summed E-state index contributed by atoms with van der Waals surface area (Å²) in [5.41, 5.74) is 0.398. The zero-order valence-electron chi connectivity index (χ0n) is 8.82. The van der Waals surface area contributed by atoms with Gasteiger partial charge in [0.05, 0.1) is 12.5 Å². The highest BCUT2D eigenvalue weighted by Crippen LogP contribution is 2.15. The van der Waals surface area contributed by atoms with E-state index in [4.69, 9.17) is 9.47 Å². The summed E-state index contributed by atoms with van der Waals surface area (Å²) >= 11 is 0. The monoisotopic (exact) mass is 224 g/mol. The largest absolute Gasteiger partial charge is 0.460 e. The maximum atomic E-state index is 13.2. The van der Waals surface area contributed by atoms with Crippen molar-refractivity contribution in [3.63, 3.8) is 0 Å². The first-order chi connectivity index (χ1) is 7.77. The average Bonchev–Trinajstić information content (AvgIpc) is 2.81. The molecule has 1 atom stereocenters. The van der Waals surface area contributed by atoms with Crippen LogP contribution in [0.5, 0.6) is 0 Å². The molecule has 4 heteroatoms. The number of carbonyl (C=O) groups excluding carboxylic acids is 1. The number of halogens is 1. The molecule has 1 unspecified atom stereocenters. The van der Waals surface area contributed by atoms with Gasteiger partial charge in [-0.15, -0.1) is 0 Å². The number of hydrogen-bond acceptors (Lipinski definition) is 3. The molecule has 0 N–H and O–H groups in total. The molecule has 0 aliphatic carbocycles. The molecular formula is C12H13FO3. The van der Waals surface area contributed by atoms with Gasteiger partial charge < -0.3 is 9.47 Å². The Kier molecular flexibility index (Phi) is 3.51. The van der Waals surface area contributed by atoms with E-state index in [0.717, 1.165) is 0 Å². The van der Waals surface area contributed by atoms with Gasteiger partial charge in [-0.3, -0.25) is 4.79 Å². The summed E-state index contributed by atoms with van der Waals surface area (Å²) in [5.74, 6) is -0.842. The van der Waals surface area contributed by atoms with Crippen molar-refractivity contribution in [2.45, 2.75) is 13.0 Å². The van der Waals surface area contributed by atoms with E-state index in [0.29, 0.717) is 25.2 Å². The van der Waals surface area contributed by atoms with Crippen LogP contribution in [0.15, 0.2) is 24.3 Å². The Labute approximate surface area is 93.2 Å². The normalized spacial score (nSPS) is 19.7. The van der Waals surface area contributed by atoms with Crippen molar-refractivity contribution >= 4 is 5.97 Å². The molecule has 1 aromatic rings. The summed E-state index contributed by atoms with van der Waals surface area (Å²) < 4.78 is 23.3. The third kappa shape index (κ3) is 2.58. The first kappa shape index (κ1) is 11.1. The summed E-state index contributed by atoms with van der Waals surface area (Å²) in [6.45, 7) is 0.998. The van der Waals surface area contributed by atoms with Crippen LogP contribution in [0.1, 0.15) is 12.0 Å². The standard InChI is InChI=1S/C12H13FO3/c13-11-4-2-1-3-9(11)8-16-12(14)10-5-6-15-7-10/h1-4,10H,5-8H2. The zero-order chi connectivity index (χ0) is 11.4. The fourth-order valence-electron chi connectivity index (χ4n) is 1.60. The van der Waals surface area contributed by atoms with Gasteiger partial charge in [0.15, 0.2) is 0 Å². The summed E-state index contributed by atoms with van der Waals surface area (Å²) in [6, 6.07) is 6.27. The van der Waals surface area contributed by atoms with Crippen molar-refractivity contribution in [2.24, 2.45) is 5.92 Å². The second-order valence-corrected chi connectivity index (χ2v) is 3.76. The molecule has 1 aliphatic heterocycles. The number of rotatable bonds is 3. The number of esters is 1. The molecule has 0 saturated carbocycles. The molecule has 0 radical (unpaired) electrons. The lowest BCUT2D eigenvalue weighted by Crippen LogP contribution is -2.17. The van der Waals surface area contributed by atoms with Gasteiger partial charge in [0.2, 0.25) is 0 Å². The minimum atomic E-state index is -0.349. The smallest absolute Gasteiger partial charge is 0.311 e. The molecule has 2 rings (SSSR count). The number of carbonyl (C=O) groups is 1. The predicted octanol–water partition coefficient (Wildman–Crippen LogP) is 1.91. The van der Waals surface area contributed by atoms with Gasteiger partial charge in [-0.05, 0) is 12.5 Å². The van der Waals surface area contributed by atoms with Crippen molar-refractivity contribution in [1.82, 2.24) is 0 Å². The van der Waals surface area contributed by atoms with Crippen LogP contribution < -0.4 is 0 Å². The van der Waals surface area contributed by atoms with Crippen LogP contribution in [0.4, 0.5) is 4.39 Å². The minimum Gasteiger partial charge on any atom is -0.460 e. The Morgan fingerprint density at radius 2 is 2.31 bits per heavy atom. The maximum Gasteiger partial charge on any atom is 0.311 e. The van der Waals surface area contributed by atoms with E-state index >= 15 is 0 Å². The highest BCUT2D eigenvalue weighted by molar-refractivity contribution is 5.72. The summed E-state index contributed by atoms with van der Waals surface area (Å²) in [6.07, 6.45) is 0.691. The second-order valence-electron chi connectivity index (χ2n) is 3.76. The number of hydrogen-bond donors (Lipinski definition) is 0. The minimum absolute atomic E-state index is 0.0119. The van der Waals surface area contributed by atoms with Crippen LogP contribution in [0.2, 0.25) is 0 Å². The molecule has 0 bridgehead atoms. The Morgan fingerprint density at radius 3 is 3.00 bits per heavy atom. The van der Waals surface area contributed by atoms with Crippen LogP contribution in [0.3, 0.4) is 0 Å². The van der Waals surface area contributed by atoms with E-state index in [2.05, 4.69) is 0 Å². The highest BCUT2D eigenvalue weighted by Gasteiger charge is 2.24. The molecule has 1 saturated heterocycles. The molecule has 3 nitrogen and oxygen atoms in total. The Hall–Kier alpha value is -1.42. The first-order valence-electron chi connectivity index (χ1n) is 5.25. The molecule has 0 amide bonds. The fraction of sp³-hybridized carbons (Fsp3) is 0.417. The van der Waals surface area contributed by atoms with Gasteiger partial charge in [0.1, 0.15) is 12.4 Å². The van der Waals surface area contributed by atoms with Gasteiger partial charge in [-0.1, -0.05) is 18.2 Å². The first-order valence-corrected chi connectivity index (χ1v) is 5.25. The van der Waals surface area contributed by atoms with Crippen molar-refractivity contribution in [1.29, 1.82) is 0 Å². The third-order valence-electron chi connectivity index (χ3n) is 2.59. The third-order valence-corrected chi connectivity index (χ3v) is 2.59. The molecule has 86 valence electrons. The molecule has 0 aromatic heterocycles. The predicted molar refractivity (Wildman–Crippen MR) is 55.1 cm³/mol. The van der Waals surface area contributed by atoms with Crippen molar-refractivity contribution in [3.05, 3.63) is 35.6 Å². The van der Waals surface area contributed by atoms with Crippen LogP contribution >= 0.6 is 0 Å². The lowest BCUT2D eigenvalue weighted by atomic mass is 10.1.